The molecule has 1 aromatic rings. The van der Waals surface area contributed by atoms with Crippen LogP contribution in [-0.2, 0) is 6.54 Å². The van der Waals surface area contributed by atoms with Crippen LogP contribution in [0.25, 0.3) is 0 Å². The minimum atomic E-state index is 0. The van der Waals surface area contributed by atoms with Crippen LogP contribution < -0.4 is 15.2 Å². The molecule has 1 rings (SSSR count). The van der Waals surface area contributed by atoms with Crippen molar-refractivity contribution in [1.82, 2.24) is 0 Å². The first kappa shape index (κ1) is 14.2. The average Bonchev–Trinajstić information content (AvgIpc) is 2.20. The van der Waals surface area contributed by atoms with E-state index in [-0.39, 0.29) is 24.7 Å². The minimum absolute atomic E-state index is 0. The number of rotatable bonds is 3. The predicted octanol–water partition coefficient (Wildman–Crippen LogP) is 1.94. The lowest BCUT2D eigenvalue weighted by molar-refractivity contribution is 0.380. The zero-order valence-electron chi connectivity index (χ0n) is 8.41. The highest BCUT2D eigenvalue weighted by Crippen LogP contribution is 2.41. The molecule has 0 amide bonds. The van der Waals surface area contributed by atoms with Crippen LogP contribution in [0.15, 0.2) is 6.07 Å². The first-order valence-electron chi connectivity index (χ1n) is 3.98. The summed E-state index contributed by atoms with van der Waals surface area (Å²) in [4.78, 5) is 0. The molecule has 0 bridgehead atoms. The summed E-state index contributed by atoms with van der Waals surface area (Å²) < 4.78 is 9.99. The van der Waals surface area contributed by atoms with Crippen LogP contribution in [-0.4, -0.2) is 19.3 Å². The Balaban J connectivity index is 0.00000196. The molecule has 0 unspecified atom stereocenters. The number of methoxy groups -OCH3 is 2. The average molecular weight is 254 g/mol. The Bertz CT molecular complexity index is 345. The summed E-state index contributed by atoms with van der Waals surface area (Å²) in [6.45, 7) is 0.152. The quantitative estimate of drug-likeness (QED) is 0.865. The smallest absolute Gasteiger partial charge is 0.149 e. The Morgan fingerprint density at radius 3 is 2.40 bits per heavy atom. The van der Waals surface area contributed by atoms with Gasteiger partial charge in [0.1, 0.15) is 22.3 Å². The standard InChI is InChI=1S/C9H12ClNO3.ClH/c1-13-7-3-6(12)5(4-11)9(14-2)8(7)10;/h3,12H,4,11H2,1-2H3;1H. The van der Waals surface area contributed by atoms with Crippen molar-refractivity contribution in [1.29, 1.82) is 0 Å². The highest BCUT2D eigenvalue weighted by atomic mass is 35.5. The van der Waals surface area contributed by atoms with Gasteiger partial charge in [-0.15, -0.1) is 12.4 Å². The minimum Gasteiger partial charge on any atom is -0.507 e. The molecule has 0 aliphatic rings. The zero-order valence-corrected chi connectivity index (χ0v) is 9.98. The number of aromatic hydroxyl groups is 1. The van der Waals surface area contributed by atoms with E-state index in [1.807, 2.05) is 0 Å². The fourth-order valence-corrected chi connectivity index (χ4v) is 1.52. The number of nitrogens with two attached hydrogens (primary N) is 1. The Morgan fingerprint density at radius 1 is 1.40 bits per heavy atom. The van der Waals surface area contributed by atoms with Gasteiger partial charge in [0.05, 0.1) is 19.8 Å². The molecule has 0 saturated carbocycles. The SMILES string of the molecule is COc1cc(O)c(CN)c(OC)c1Cl.Cl. The van der Waals surface area contributed by atoms with Crippen molar-refractivity contribution in [2.45, 2.75) is 6.54 Å². The number of phenols is 1. The molecule has 0 spiro atoms. The maximum absolute atomic E-state index is 9.56. The van der Waals surface area contributed by atoms with E-state index < -0.39 is 0 Å². The molecule has 0 aromatic heterocycles. The van der Waals surface area contributed by atoms with Gasteiger partial charge in [-0.1, -0.05) is 11.6 Å². The molecule has 0 atom stereocenters. The first-order chi connectivity index (χ1) is 6.65. The summed E-state index contributed by atoms with van der Waals surface area (Å²) in [5, 5.41) is 9.87. The van der Waals surface area contributed by atoms with Crippen molar-refractivity contribution < 1.29 is 14.6 Å². The molecule has 0 aliphatic carbocycles. The number of halogens is 2. The lowest BCUT2D eigenvalue weighted by atomic mass is 10.1. The second-order valence-corrected chi connectivity index (χ2v) is 3.01. The fourth-order valence-electron chi connectivity index (χ4n) is 1.19. The number of hydrogen-bond acceptors (Lipinski definition) is 4. The summed E-state index contributed by atoms with van der Waals surface area (Å²) in [7, 11) is 2.92. The van der Waals surface area contributed by atoms with E-state index in [9.17, 15) is 5.11 Å². The van der Waals surface area contributed by atoms with Gasteiger partial charge >= 0.3 is 0 Å². The van der Waals surface area contributed by atoms with Gasteiger partial charge in [-0.25, -0.2) is 0 Å². The highest BCUT2D eigenvalue weighted by Gasteiger charge is 2.16. The van der Waals surface area contributed by atoms with E-state index >= 15 is 0 Å². The molecule has 1 aromatic carbocycles. The number of phenolic OH excluding ortho intramolecular Hbond substituents is 1. The second-order valence-electron chi connectivity index (χ2n) is 2.63. The fraction of sp³-hybridized carbons (Fsp3) is 0.333. The maximum atomic E-state index is 9.56. The molecule has 0 fully saturated rings. The summed E-state index contributed by atoms with van der Waals surface area (Å²) in [5.74, 6) is 0.731. The van der Waals surface area contributed by atoms with E-state index in [0.29, 0.717) is 22.1 Å². The van der Waals surface area contributed by atoms with Crippen molar-refractivity contribution in [2.75, 3.05) is 14.2 Å². The maximum Gasteiger partial charge on any atom is 0.149 e. The van der Waals surface area contributed by atoms with Crippen molar-refractivity contribution in [3.63, 3.8) is 0 Å². The third-order valence-corrected chi connectivity index (χ3v) is 2.25. The zero-order chi connectivity index (χ0) is 10.7. The second kappa shape index (κ2) is 5.90. The van der Waals surface area contributed by atoms with Crippen LogP contribution in [0.2, 0.25) is 5.02 Å². The first-order valence-corrected chi connectivity index (χ1v) is 4.35. The van der Waals surface area contributed by atoms with Gasteiger partial charge in [0.2, 0.25) is 0 Å². The predicted molar refractivity (Wildman–Crippen MR) is 61.4 cm³/mol. The van der Waals surface area contributed by atoms with Gasteiger partial charge in [-0.3, -0.25) is 0 Å². The summed E-state index contributed by atoms with van der Waals surface area (Å²) in [6.07, 6.45) is 0. The van der Waals surface area contributed by atoms with E-state index in [4.69, 9.17) is 26.8 Å². The molecular weight excluding hydrogens is 241 g/mol. The monoisotopic (exact) mass is 253 g/mol. The largest absolute Gasteiger partial charge is 0.507 e. The van der Waals surface area contributed by atoms with E-state index in [2.05, 4.69) is 0 Å². The molecule has 0 saturated heterocycles. The third-order valence-electron chi connectivity index (χ3n) is 1.89. The Kier molecular flexibility index (Phi) is 5.57. The summed E-state index contributed by atoms with van der Waals surface area (Å²) in [5.41, 5.74) is 5.92. The van der Waals surface area contributed by atoms with E-state index in [1.54, 1.807) is 0 Å². The van der Waals surface area contributed by atoms with Crippen LogP contribution in [0.5, 0.6) is 17.2 Å². The van der Waals surface area contributed by atoms with Crippen LogP contribution in [0.3, 0.4) is 0 Å². The van der Waals surface area contributed by atoms with E-state index in [0.717, 1.165) is 0 Å². The Morgan fingerprint density at radius 2 is 2.00 bits per heavy atom. The van der Waals surface area contributed by atoms with Crippen molar-refractivity contribution in [3.8, 4) is 17.2 Å². The van der Waals surface area contributed by atoms with Gasteiger partial charge in [0, 0.05) is 12.6 Å². The molecule has 0 aliphatic heterocycles. The normalized spacial score (nSPS) is 9.33. The van der Waals surface area contributed by atoms with Crippen molar-refractivity contribution in [2.24, 2.45) is 5.73 Å². The lowest BCUT2D eigenvalue weighted by Gasteiger charge is -2.13. The summed E-state index contributed by atoms with van der Waals surface area (Å²) in [6, 6.07) is 1.41. The highest BCUT2D eigenvalue weighted by molar-refractivity contribution is 6.33. The molecule has 86 valence electrons. The van der Waals surface area contributed by atoms with Gasteiger partial charge in [-0.05, 0) is 0 Å². The number of benzene rings is 1. The topological polar surface area (TPSA) is 64.7 Å². The van der Waals surface area contributed by atoms with Gasteiger partial charge < -0.3 is 20.3 Å². The van der Waals surface area contributed by atoms with Crippen molar-refractivity contribution in [3.05, 3.63) is 16.7 Å². The van der Waals surface area contributed by atoms with Gasteiger partial charge in [-0.2, -0.15) is 0 Å². The molecule has 4 nitrogen and oxygen atoms in total. The van der Waals surface area contributed by atoms with Crippen molar-refractivity contribution >= 4 is 24.0 Å². The van der Waals surface area contributed by atoms with Crippen LogP contribution in [0.1, 0.15) is 5.56 Å². The van der Waals surface area contributed by atoms with Crippen LogP contribution >= 0.6 is 24.0 Å². The lowest BCUT2D eigenvalue weighted by Crippen LogP contribution is -2.02. The van der Waals surface area contributed by atoms with Crippen LogP contribution in [0, 0.1) is 0 Å². The molecule has 0 radical (unpaired) electrons. The molecule has 0 heterocycles. The molecule has 6 heteroatoms. The number of ether oxygens (including phenoxy) is 2. The molecule has 15 heavy (non-hydrogen) atoms. The Labute approximate surface area is 99.3 Å². The molecule has 3 N–H and O–H groups in total. The van der Waals surface area contributed by atoms with E-state index in [1.165, 1.54) is 20.3 Å². The number of hydrogen-bond donors (Lipinski definition) is 2. The van der Waals surface area contributed by atoms with Gasteiger partial charge in [0.25, 0.3) is 0 Å². The third kappa shape index (κ3) is 2.59. The molecular formula is C9H13Cl2NO3. The Hall–Kier alpha value is -0.840. The van der Waals surface area contributed by atoms with Crippen LogP contribution in [0.4, 0.5) is 0 Å². The van der Waals surface area contributed by atoms with Gasteiger partial charge in [0.15, 0.2) is 0 Å². The summed E-state index contributed by atoms with van der Waals surface area (Å²) >= 11 is 5.95.